The van der Waals surface area contributed by atoms with Crippen molar-refractivity contribution < 1.29 is 78.8 Å². The minimum absolute atomic E-state index is 0. The van der Waals surface area contributed by atoms with Gasteiger partial charge >= 0.3 is 74.9 Å². The Hall–Kier alpha value is 0.222. The number of carbonyl (C=O) groups is 1. The van der Waals surface area contributed by atoms with Crippen LogP contribution < -0.4 is 68.9 Å². The molecule has 0 bridgehead atoms. The van der Waals surface area contributed by atoms with E-state index in [1.807, 2.05) is 30.3 Å². The van der Waals surface area contributed by atoms with E-state index in [1.54, 1.807) is 0 Å². The number of carboxylic acids is 1. The van der Waals surface area contributed by atoms with Crippen molar-refractivity contribution in [1.82, 2.24) is 0 Å². The van der Waals surface area contributed by atoms with Gasteiger partial charge in [0.2, 0.25) is 0 Å². The van der Waals surface area contributed by atoms with E-state index in [1.165, 1.54) is 0 Å². The van der Waals surface area contributed by atoms with Crippen molar-refractivity contribution in [1.29, 1.82) is 0 Å². The molecule has 0 aliphatic heterocycles. The molecule has 3 heteroatoms. The summed E-state index contributed by atoms with van der Waals surface area (Å²) in [6, 6.07) is 10.6. The molecule has 14 heavy (non-hydrogen) atoms. The average molecular weight is 308 g/mol. The summed E-state index contributed by atoms with van der Waals surface area (Å²) in [7, 11) is 0. The Bertz CT molecular complexity index is 281. The summed E-state index contributed by atoms with van der Waals surface area (Å²) >= 11 is 0. The topological polar surface area (TPSA) is 37.3 Å². The molecule has 0 spiro atoms. The summed E-state index contributed by atoms with van der Waals surface area (Å²) in [6.07, 6.45) is 2.65. The van der Waals surface area contributed by atoms with Crippen LogP contribution in [0.4, 0.5) is 0 Å². The van der Waals surface area contributed by atoms with Gasteiger partial charge in [-0.25, -0.2) is 4.79 Å². The predicted octanol–water partition coefficient (Wildman–Crippen LogP) is -0.609. The molecule has 0 saturated heterocycles. The van der Waals surface area contributed by atoms with Crippen LogP contribution in [0.2, 0.25) is 0 Å². The van der Waals surface area contributed by atoms with Gasteiger partial charge in [-0.05, 0) is 0 Å². The van der Waals surface area contributed by atoms with Crippen molar-refractivity contribution in [2.24, 2.45) is 0 Å². The smallest absolute Gasteiger partial charge is 0.478 e. The predicted molar refractivity (Wildman–Crippen MR) is 53.2 cm³/mol. The van der Waals surface area contributed by atoms with Crippen LogP contribution in [0, 0.1) is 6.07 Å². The number of carboxylic acid groups (broad SMARTS) is 1. The van der Waals surface area contributed by atoms with Crippen molar-refractivity contribution in [3.8, 4) is 0 Å². The Labute approximate surface area is 143 Å². The van der Waals surface area contributed by atoms with E-state index in [0.29, 0.717) is 0 Å². The Morgan fingerprint density at radius 1 is 1.36 bits per heavy atom. The molecule has 68 valence electrons. The Kier molecular flexibility index (Phi) is 13.4. The van der Waals surface area contributed by atoms with Gasteiger partial charge < -0.3 is 5.11 Å². The van der Waals surface area contributed by atoms with Gasteiger partial charge in [-0.15, -0.1) is 12.1 Å². The maximum atomic E-state index is 9.25. The van der Waals surface area contributed by atoms with Crippen molar-refractivity contribution in [3.05, 3.63) is 55.1 Å². The minimum atomic E-state index is -0.981. The molecule has 0 fully saturated rings. The SMILES string of the molecule is C=CC(=O)O.C=Cc1cc[c-]cc1.[Cs+]. The summed E-state index contributed by atoms with van der Waals surface area (Å²) in [4.78, 5) is 9.25. The zero-order valence-electron chi connectivity index (χ0n) is 8.23. The minimum Gasteiger partial charge on any atom is -0.478 e. The van der Waals surface area contributed by atoms with Crippen LogP contribution in [0.25, 0.3) is 6.08 Å². The molecule has 1 aromatic carbocycles. The zero-order valence-corrected chi connectivity index (χ0v) is 14.5. The first kappa shape index (κ1) is 16.6. The van der Waals surface area contributed by atoms with Crippen LogP contribution in [0.1, 0.15) is 5.56 Å². The van der Waals surface area contributed by atoms with Crippen molar-refractivity contribution >= 4 is 12.0 Å². The fraction of sp³-hybridized carbons (Fsp3) is 0. The molecule has 0 aromatic heterocycles. The van der Waals surface area contributed by atoms with E-state index in [9.17, 15) is 4.79 Å². The second-order valence-electron chi connectivity index (χ2n) is 2.08. The molecule has 0 aliphatic rings. The molecule has 2 nitrogen and oxygen atoms in total. The molecule has 1 aromatic rings. The van der Waals surface area contributed by atoms with Crippen molar-refractivity contribution in [2.45, 2.75) is 0 Å². The fourth-order valence-corrected chi connectivity index (χ4v) is 0.536. The van der Waals surface area contributed by atoms with E-state index >= 15 is 0 Å². The molecule has 0 unspecified atom stereocenters. The van der Waals surface area contributed by atoms with Crippen LogP contribution >= 0.6 is 0 Å². The monoisotopic (exact) mass is 308 g/mol. The van der Waals surface area contributed by atoms with Gasteiger partial charge in [0.1, 0.15) is 0 Å². The number of rotatable bonds is 2. The summed E-state index contributed by atoms with van der Waals surface area (Å²) < 4.78 is 0. The largest absolute Gasteiger partial charge is 1.00 e. The molecule has 0 amide bonds. The maximum Gasteiger partial charge on any atom is 1.00 e. The van der Waals surface area contributed by atoms with Crippen LogP contribution in [-0.2, 0) is 4.79 Å². The number of aliphatic carboxylic acids is 1. The van der Waals surface area contributed by atoms with E-state index in [0.717, 1.165) is 11.6 Å². The Morgan fingerprint density at radius 2 is 1.79 bits per heavy atom. The second-order valence-corrected chi connectivity index (χ2v) is 2.08. The molecule has 1 rings (SSSR count). The maximum absolute atomic E-state index is 9.25. The summed E-state index contributed by atoms with van der Waals surface area (Å²) in [6.45, 7) is 6.58. The molecule has 0 radical (unpaired) electrons. The van der Waals surface area contributed by atoms with Gasteiger partial charge in [0.05, 0.1) is 0 Å². The quantitative estimate of drug-likeness (QED) is 0.585. The summed E-state index contributed by atoms with van der Waals surface area (Å²) in [5, 5.41) is 7.60. The molecule has 0 aliphatic carbocycles. The van der Waals surface area contributed by atoms with E-state index in [4.69, 9.17) is 5.11 Å². The van der Waals surface area contributed by atoms with E-state index < -0.39 is 5.97 Å². The molecular weight excluding hydrogens is 297 g/mol. The Balaban J connectivity index is 0. The van der Waals surface area contributed by atoms with Gasteiger partial charge in [-0.3, -0.25) is 0 Å². The van der Waals surface area contributed by atoms with Crippen LogP contribution in [0.15, 0.2) is 43.5 Å². The normalized spacial score (nSPS) is 7.14. The summed E-state index contributed by atoms with van der Waals surface area (Å²) in [5.41, 5.74) is 1.14. The van der Waals surface area contributed by atoms with Crippen LogP contribution in [0.3, 0.4) is 0 Å². The second kappa shape index (κ2) is 11.3. The standard InChI is InChI=1S/C8H7.C3H4O2.Cs/c1-2-8-6-4-3-5-7-8;1-2-3(4)5;/h2,4-7H,1H2;2H,1H2,(H,4,5);/q-1;;+1. The molecule has 0 saturated carbocycles. The first-order valence-corrected chi connectivity index (χ1v) is 3.64. The fourth-order valence-electron chi connectivity index (χ4n) is 0.536. The third-order valence-corrected chi connectivity index (χ3v) is 1.15. The number of hydrogen-bond acceptors (Lipinski definition) is 1. The summed E-state index contributed by atoms with van der Waals surface area (Å²) in [5.74, 6) is -0.981. The molecule has 0 atom stereocenters. The van der Waals surface area contributed by atoms with Crippen molar-refractivity contribution in [2.75, 3.05) is 0 Å². The Morgan fingerprint density at radius 3 is 2.00 bits per heavy atom. The van der Waals surface area contributed by atoms with Gasteiger partial charge in [0.25, 0.3) is 0 Å². The van der Waals surface area contributed by atoms with E-state index in [2.05, 4.69) is 19.2 Å². The van der Waals surface area contributed by atoms with Crippen LogP contribution in [0.5, 0.6) is 0 Å². The van der Waals surface area contributed by atoms with Crippen LogP contribution in [-0.4, -0.2) is 11.1 Å². The van der Waals surface area contributed by atoms with E-state index in [-0.39, 0.29) is 68.9 Å². The zero-order chi connectivity index (χ0) is 10.1. The van der Waals surface area contributed by atoms with Gasteiger partial charge in [0, 0.05) is 6.08 Å². The first-order chi connectivity index (χ1) is 6.20. The van der Waals surface area contributed by atoms with Gasteiger partial charge in [-0.2, -0.15) is 30.3 Å². The third-order valence-electron chi connectivity index (χ3n) is 1.15. The average Bonchev–Trinajstić information content (AvgIpc) is 2.20. The number of hydrogen-bond donors (Lipinski definition) is 1. The van der Waals surface area contributed by atoms with Crippen molar-refractivity contribution in [3.63, 3.8) is 0 Å². The number of benzene rings is 1. The van der Waals surface area contributed by atoms with Gasteiger partial charge in [0.15, 0.2) is 0 Å². The molecule has 1 N–H and O–H groups in total. The first-order valence-electron chi connectivity index (χ1n) is 3.64. The van der Waals surface area contributed by atoms with Gasteiger partial charge in [-0.1, -0.05) is 12.7 Å². The molecule has 0 heterocycles. The third kappa shape index (κ3) is 10.3. The molecular formula is C11H11CsO2.